The van der Waals surface area contributed by atoms with Gasteiger partial charge in [0.2, 0.25) is 10.0 Å². The summed E-state index contributed by atoms with van der Waals surface area (Å²) in [6.45, 7) is 2.91. The van der Waals surface area contributed by atoms with Crippen molar-refractivity contribution >= 4 is 16.1 Å². The Morgan fingerprint density at radius 1 is 1.00 bits per heavy atom. The number of benzene rings is 3. The summed E-state index contributed by atoms with van der Waals surface area (Å²) in [5.74, 6) is -0.265. The number of carbonyl (C=O) groups excluding carboxylic acids is 1. The molecule has 4 rings (SSSR count). The molecule has 3 aromatic rings. The average Bonchev–Trinajstić information content (AvgIpc) is 2.87. The zero-order valence-electron chi connectivity index (χ0n) is 20.6. The van der Waals surface area contributed by atoms with Crippen LogP contribution in [0.15, 0.2) is 78.9 Å². The molecule has 6 nitrogen and oxygen atoms in total. The fourth-order valence-electron chi connectivity index (χ4n) is 4.85. The first-order chi connectivity index (χ1) is 17.2. The number of urea groups is 1. The van der Waals surface area contributed by atoms with E-state index in [-0.39, 0.29) is 17.9 Å². The molecule has 1 heterocycles. The number of hydrogen-bond acceptors (Lipinski definition) is 3. The Labute approximate surface area is 212 Å². The average molecular weight is 510 g/mol. The molecule has 0 aliphatic carbocycles. The first-order valence-electron chi connectivity index (χ1n) is 12.1. The monoisotopic (exact) mass is 509 g/mol. The van der Waals surface area contributed by atoms with Crippen LogP contribution >= 0.6 is 0 Å². The minimum atomic E-state index is -3.26. The standard InChI is InChI=1S/C28H32FN3O3S/c1-21(22-9-11-23(12-10-22)24-13-15-26(29)16-14-24)32-20-18-28(31-27(32)33,25-7-4-3-5-8-25)17-6-19-30-36(2,34)35/h3-5,7-16,21,30H,6,17-20H2,1-2H3,(H,31,33). The van der Waals surface area contributed by atoms with E-state index < -0.39 is 15.6 Å². The SMILES string of the molecule is CC(c1ccc(-c2ccc(F)cc2)cc1)N1CCC(CCCNS(C)(=O)=O)(c2ccccc2)NC1=O. The maximum Gasteiger partial charge on any atom is 0.318 e. The summed E-state index contributed by atoms with van der Waals surface area (Å²) in [5.41, 5.74) is 3.40. The number of nitrogens with zero attached hydrogens (tertiary/aromatic N) is 1. The van der Waals surface area contributed by atoms with E-state index in [2.05, 4.69) is 10.0 Å². The second-order valence-corrected chi connectivity index (χ2v) is 11.2. The number of sulfonamides is 1. The molecule has 1 aliphatic heterocycles. The first kappa shape index (κ1) is 25.9. The second-order valence-electron chi connectivity index (χ2n) is 9.40. The van der Waals surface area contributed by atoms with Gasteiger partial charge >= 0.3 is 6.03 Å². The van der Waals surface area contributed by atoms with Crippen LogP contribution in [0.3, 0.4) is 0 Å². The molecule has 190 valence electrons. The van der Waals surface area contributed by atoms with Crippen molar-refractivity contribution < 1.29 is 17.6 Å². The molecule has 0 radical (unpaired) electrons. The highest BCUT2D eigenvalue weighted by Gasteiger charge is 2.40. The van der Waals surface area contributed by atoms with Gasteiger partial charge in [-0.15, -0.1) is 0 Å². The van der Waals surface area contributed by atoms with Gasteiger partial charge in [-0.25, -0.2) is 22.3 Å². The lowest BCUT2D eigenvalue weighted by atomic mass is 9.80. The van der Waals surface area contributed by atoms with E-state index >= 15 is 0 Å². The number of amides is 2. The van der Waals surface area contributed by atoms with E-state index in [4.69, 9.17) is 0 Å². The molecular weight excluding hydrogens is 477 g/mol. The Balaban J connectivity index is 1.47. The third-order valence-corrected chi connectivity index (χ3v) is 7.62. The molecule has 2 amide bonds. The predicted octanol–water partition coefficient (Wildman–Crippen LogP) is 5.19. The van der Waals surface area contributed by atoms with Gasteiger partial charge in [0.15, 0.2) is 0 Å². The lowest BCUT2D eigenvalue weighted by Gasteiger charge is -2.45. The molecule has 0 aromatic heterocycles. The molecule has 2 N–H and O–H groups in total. The van der Waals surface area contributed by atoms with Crippen molar-refractivity contribution in [1.82, 2.24) is 14.9 Å². The van der Waals surface area contributed by atoms with Crippen LogP contribution in [0.25, 0.3) is 11.1 Å². The highest BCUT2D eigenvalue weighted by molar-refractivity contribution is 7.88. The largest absolute Gasteiger partial charge is 0.328 e. The van der Waals surface area contributed by atoms with Gasteiger partial charge in [0.25, 0.3) is 0 Å². The van der Waals surface area contributed by atoms with Crippen molar-refractivity contribution in [3.63, 3.8) is 0 Å². The summed E-state index contributed by atoms with van der Waals surface area (Å²) in [4.78, 5) is 15.2. The first-order valence-corrected chi connectivity index (χ1v) is 14.0. The van der Waals surface area contributed by atoms with Crippen LogP contribution < -0.4 is 10.0 Å². The summed E-state index contributed by atoms with van der Waals surface area (Å²) in [5, 5.41) is 3.26. The van der Waals surface area contributed by atoms with Crippen LogP contribution in [-0.4, -0.2) is 38.7 Å². The summed E-state index contributed by atoms with van der Waals surface area (Å²) in [6, 6.07) is 24.0. The van der Waals surface area contributed by atoms with E-state index in [0.717, 1.165) is 28.5 Å². The van der Waals surface area contributed by atoms with Crippen molar-refractivity contribution in [2.24, 2.45) is 0 Å². The van der Waals surface area contributed by atoms with Crippen molar-refractivity contribution in [2.45, 2.75) is 37.8 Å². The van der Waals surface area contributed by atoms with Crippen LogP contribution in [0, 0.1) is 5.82 Å². The normalized spacial score (nSPS) is 19.1. The van der Waals surface area contributed by atoms with E-state index in [1.165, 1.54) is 12.1 Å². The minimum absolute atomic E-state index is 0.132. The van der Waals surface area contributed by atoms with Gasteiger partial charge in [-0.1, -0.05) is 66.7 Å². The molecule has 2 unspecified atom stereocenters. The van der Waals surface area contributed by atoms with Gasteiger partial charge in [0.1, 0.15) is 5.82 Å². The van der Waals surface area contributed by atoms with Gasteiger partial charge in [0, 0.05) is 13.1 Å². The minimum Gasteiger partial charge on any atom is -0.328 e. The highest BCUT2D eigenvalue weighted by Crippen LogP contribution is 2.36. The van der Waals surface area contributed by atoms with Crippen molar-refractivity contribution in [3.8, 4) is 11.1 Å². The Morgan fingerprint density at radius 3 is 2.19 bits per heavy atom. The number of rotatable bonds is 9. The van der Waals surface area contributed by atoms with Crippen molar-refractivity contribution in [2.75, 3.05) is 19.3 Å². The van der Waals surface area contributed by atoms with Crippen LogP contribution in [0.4, 0.5) is 9.18 Å². The van der Waals surface area contributed by atoms with E-state index in [0.29, 0.717) is 32.4 Å². The zero-order chi connectivity index (χ0) is 25.8. The summed E-state index contributed by atoms with van der Waals surface area (Å²) < 4.78 is 38.7. The van der Waals surface area contributed by atoms with Crippen LogP contribution in [0.1, 0.15) is 43.4 Å². The molecule has 3 aromatic carbocycles. The van der Waals surface area contributed by atoms with E-state index in [9.17, 15) is 17.6 Å². The molecule has 36 heavy (non-hydrogen) atoms. The molecular formula is C28H32FN3O3S. The molecule has 8 heteroatoms. The fourth-order valence-corrected chi connectivity index (χ4v) is 5.37. The molecule has 0 bridgehead atoms. The summed E-state index contributed by atoms with van der Waals surface area (Å²) in [6.07, 6.45) is 3.08. The van der Waals surface area contributed by atoms with Crippen LogP contribution in [0.5, 0.6) is 0 Å². The Hall–Kier alpha value is -3.23. The Morgan fingerprint density at radius 2 is 1.61 bits per heavy atom. The number of hydrogen-bond donors (Lipinski definition) is 2. The third-order valence-electron chi connectivity index (χ3n) is 6.90. The maximum absolute atomic E-state index is 13.4. The lowest BCUT2D eigenvalue weighted by molar-refractivity contribution is 0.120. The van der Waals surface area contributed by atoms with Gasteiger partial charge < -0.3 is 10.2 Å². The topological polar surface area (TPSA) is 78.5 Å². The Kier molecular flexibility index (Phi) is 7.76. The number of nitrogens with one attached hydrogen (secondary N) is 2. The lowest BCUT2D eigenvalue weighted by Crippen LogP contribution is -2.58. The summed E-state index contributed by atoms with van der Waals surface area (Å²) >= 11 is 0. The number of carbonyl (C=O) groups is 1. The third kappa shape index (κ3) is 6.12. The predicted molar refractivity (Wildman–Crippen MR) is 140 cm³/mol. The molecule has 0 spiro atoms. The molecule has 1 fully saturated rings. The number of halogens is 1. The highest BCUT2D eigenvalue weighted by atomic mass is 32.2. The van der Waals surface area contributed by atoms with Crippen molar-refractivity contribution in [1.29, 1.82) is 0 Å². The van der Waals surface area contributed by atoms with E-state index in [1.807, 2.05) is 66.4 Å². The zero-order valence-corrected chi connectivity index (χ0v) is 21.4. The molecule has 0 saturated carbocycles. The molecule has 1 aliphatic rings. The van der Waals surface area contributed by atoms with Crippen molar-refractivity contribution in [3.05, 3.63) is 95.8 Å². The maximum atomic E-state index is 13.4. The van der Waals surface area contributed by atoms with Crippen LogP contribution in [0.2, 0.25) is 0 Å². The second kappa shape index (κ2) is 10.8. The van der Waals surface area contributed by atoms with Crippen LogP contribution in [-0.2, 0) is 15.6 Å². The summed E-state index contributed by atoms with van der Waals surface area (Å²) in [7, 11) is -3.26. The Bertz CT molecular complexity index is 1280. The van der Waals surface area contributed by atoms with E-state index in [1.54, 1.807) is 12.1 Å². The fraction of sp³-hybridized carbons (Fsp3) is 0.321. The quantitative estimate of drug-likeness (QED) is 0.390. The smallest absolute Gasteiger partial charge is 0.318 e. The molecule has 1 saturated heterocycles. The van der Waals surface area contributed by atoms with Gasteiger partial charge in [-0.2, -0.15) is 0 Å². The van der Waals surface area contributed by atoms with Gasteiger partial charge in [-0.3, -0.25) is 0 Å². The van der Waals surface area contributed by atoms with Gasteiger partial charge in [0.05, 0.1) is 17.8 Å². The molecule has 2 atom stereocenters. The van der Waals surface area contributed by atoms with Gasteiger partial charge in [-0.05, 0) is 60.6 Å².